The Hall–Kier alpha value is -2.48. The second kappa shape index (κ2) is 11.5. The largest absolute Gasteiger partial charge is 0.497 e. The van der Waals surface area contributed by atoms with E-state index in [0.717, 1.165) is 37.0 Å². The summed E-state index contributed by atoms with van der Waals surface area (Å²) < 4.78 is 5.16. The van der Waals surface area contributed by atoms with Gasteiger partial charge in [-0.1, -0.05) is 51.4 Å². The van der Waals surface area contributed by atoms with Crippen molar-refractivity contribution in [3.05, 3.63) is 24.3 Å². The molecule has 0 spiro atoms. The third-order valence-corrected chi connectivity index (χ3v) is 5.40. The highest BCUT2D eigenvalue weighted by atomic mass is 32.1. The Kier molecular flexibility index (Phi) is 9.05. The zero-order chi connectivity index (χ0) is 21.2. The van der Waals surface area contributed by atoms with Crippen molar-refractivity contribution in [2.75, 3.05) is 12.4 Å². The smallest absolute Gasteiger partial charge is 0.249 e. The summed E-state index contributed by atoms with van der Waals surface area (Å²) >= 11 is 1.29. The van der Waals surface area contributed by atoms with Crippen molar-refractivity contribution in [3.63, 3.8) is 0 Å². The molecule has 8 heteroatoms. The fourth-order valence-corrected chi connectivity index (χ4v) is 3.55. The summed E-state index contributed by atoms with van der Waals surface area (Å²) in [6, 6.07) is 6.86. The molecule has 0 fully saturated rings. The molecule has 0 bridgehead atoms. The van der Waals surface area contributed by atoms with Gasteiger partial charge in [0.15, 0.2) is 0 Å². The monoisotopic (exact) mass is 418 g/mol. The van der Waals surface area contributed by atoms with Crippen molar-refractivity contribution in [1.29, 1.82) is 0 Å². The van der Waals surface area contributed by atoms with Crippen LogP contribution in [0, 0.1) is 5.92 Å². The normalized spacial score (nSPS) is 11.9. The third-order valence-electron chi connectivity index (χ3n) is 4.52. The number of nitrogens with one attached hydrogen (secondary N) is 2. The molecule has 158 valence electrons. The van der Waals surface area contributed by atoms with Crippen LogP contribution in [-0.2, 0) is 9.59 Å². The maximum Gasteiger partial charge on any atom is 0.249 e. The number of anilines is 1. The van der Waals surface area contributed by atoms with E-state index in [1.54, 1.807) is 7.11 Å². The predicted octanol–water partition coefficient (Wildman–Crippen LogP) is 4.26. The predicted molar refractivity (Wildman–Crippen MR) is 116 cm³/mol. The highest BCUT2D eigenvalue weighted by Crippen LogP contribution is 2.28. The van der Waals surface area contributed by atoms with Crippen molar-refractivity contribution in [2.45, 2.75) is 58.9 Å². The molecule has 1 aromatic carbocycles. The van der Waals surface area contributed by atoms with E-state index >= 15 is 0 Å². The number of nitrogens with zero attached hydrogens (tertiary/aromatic N) is 2. The number of methoxy groups -OCH3 is 1. The Morgan fingerprint density at radius 3 is 2.45 bits per heavy atom. The molecule has 0 saturated carbocycles. The number of benzene rings is 1. The number of carbonyl (C=O) groups is 2. The van der Waals surface area contributed by atoms with Crippen LogP contribution in [0.15, 0.2) is 24.3 Å². The van der Waals surface area contributed by atoms with E-state index in [-0.39, 0.29) is 17.7 Å². The zero-order valence-electron chi connectivity index (χ0n) is 17.5. The molecule has 0 aliphatic rings. The van der Waals surface area contributed by atoms with E-state index < -0.39 is 6.04 Å². The van der Waals surface area contributed by atoms with Crippen LogP contribution < -0.4 is 15.4 Å². The lowest BCUT2D eigenvalue weighted by Crippen LogP contribution is -2.47. The van der Waals surface area contributed by atoms with Gasteiger partial charge in [0.2, 0.25) is 16.9 Å². The van der Waals surface area contributed by atoms with E-state index in [1.807, 2.05) is 38.1 Å². The Balaban J connectivity index is 1.95. The van der Waals surface area contributed by atoms with E-state index in [1.165, 1.54) is 11.3 Å². The first kappa shape index (κ1) is 22.8. The van der Waals surface area contributed by atoms with Crippen LogP contribution in [-0.4, -0.2) is 35.2 Å². The first-order chi connectivity index (χ1) is 13.9. The quantitative estimate of drug-likeness (QED) is 0.532. The van der Waals surface area contributed by atoms with Crippen molar-refractivity contribution in [2.24, 2.45) is 5.92 Å². The van der Waals surface area contributed by atoms with Crippen LogP contribution in [0.1, 0.15) is 52.9 Å². The molecule has 1 heterocycles. The number of amides is 2. The molecule has 2 N–H and O–H groups in total. The lowest BCUT2D eigenvalue weighted by molar-refractivity contribution is -0.127. The molecule has 0 aliphatic carbocycles. The molecule has 7 nitrogen and oxygen atoms in total. The summed E-state index contributed by atoms with van der Waals surface area (Å²) in [5, 5.41) is 14.9. The van der Waals surface area contributed by atoms with E-state index in [0.29, 0.717) is 16.6 Å². The first-order valence-corrected chi connectivity index (χ1v) is 10.8. The molecular weight excluding hydrogens is 388 g/mol. The number of hydrogen-bond acceptors (Lipinski definition) is 6. The fourth-order valence-electron chi connectivity index (χ4n) is 2.80. The van der Waals surface area contributed by atoms with Gasteiger partial charge in [-0.2, -0.15) is 0 Å². The molecule has 0 radical (unpaired) electrons. The Bertz CT molecular complexity index is 789. The number of rotatable bonds is 11. The Labute approximate surface area is 176 Å². The highest BCUT2D eigenvalue weighted by molar-refractivity contribution is 7.18. The summed E-state index contributed by atoms with van der Waals surface area (Å²) in [6.45, 7) is 5.95. The van der Waals surface area contributed by atoms with E-state index in [9.17, 15) is 9.59 Å². The Morgan fingerprint density at radius 1 is 1.10 bits per heavy atom. The number of ether oxygens (including phenoxy) is 1. The average molecular weight is 419 g/mol. The minimum atomic E-state index is -0.609. The molecule has 1 unspecified atom stereocenters. The van der Waals surface area contributed by atoms with Gasteiger partial charge in [-0.15, -0.1) is 10.2 Å². The summed E-state index contributed by atoms with van der Waals surface area (Å²) in [5.74, 6) is 0.353. The summed E-state index contributed by atoms with van der Waals surface area (Å²) in [5.41, 5.74) is 0.893. The highest BCUT2D eigenvalue weighted by Gasteiger charge is 2.25. The van der Waals surface area contributed by atoms with Gasteiger partial charge in [-0.3, -0.25) is 14.9 Å². The summed E-state index contributed by atoms with van der Waals surface area (Å²) in [7, 11) is 1.61. The van der Waals surface area contributed by atoms with Gasteiger partial charge in [-0.25, -0.2) is 0 Å². The maximum absolute atomic E-state index is 12.7. The topological polar surface area (TPSA) is 93.2 Å². The van der Waals surface area contributed by atoms with Crippen LogP contribution in [0.2, 0.25) is 0 Å². The van der Waals surface area contributed by atoms with Crippen LogP contribution >= 0.6 is 11.3 Å². The summed E-state index contributed by atoms with van der Waals surface area (Å²) in [6.07, 6.45) is 4.56. The van der Waals surface area contributed by atoms with Gasteiger partial charge in [0.05, 0.1) is 7.11 Å². The van der Waals surface area contributed by atoms with Gasteiger partial charge in [0.1, 0.15) is 16.8 Å². The summed E-state index contributed by atoms with van der Waals surface area (Å²) in [4.78, 5) is 24.9. The van der Waals surface area contributed by atoms with E-state index in [2.05, 4.69) is 27.8 Å². The molecule has 0 aliphatic heterocycles. The maximum atomic E-state index is 12.7. The van der Waals surface area contributed by atoms with Crippen molar-refractivity contribution >= 4 is 28.3 Å². The second-order valence-electron chi connectivity index (χ2n) is 7.23. The van der Waals surface area contributed by atoms with Gasteiger partial charge in [0.25, 0.3) is 0 Å². The second-order valence-corrected chi connectivity index (χ2v) is 8.21. The van der Waals surface area contributed by atoms with Gasteiger partial charge in [-0.05, 0) is 36.6 Å². The number of carbonyl (C=O) groups excluding carboxylic acids is 2. The van der Waals surface area contributed by atoms with Gasteiger partial charge in [0, 0.05) is 12.0 Å². The zero-order valence-corrected chi connectivity index (χ0v) is 18.3. The SMILES string of the molecule is CCCCCCC(=O)NC(C(=O)Nc1nnc(-c2ccc(OC)cc2)s1)C(C)C. The first-order valence-electron chi connectivity index (χ1n) is 10.0. The number of unbranched alkanes of at least 4 members (excludes halogenated alkanes) is 3. The van der Waals surface area contributed by atoms with Crippen molar-refractivity contribution in [3.8, 4) is 16.3 Å². The van der Waals surface area contributed by atoms with Crippen LogP contribution in [0.4, 0.5) is 5.13 Å². The molecule has 0 saturated heterocycles. The van der Waals surface area contributed by atoms with Crippen LogP contribution in [0.5, 0.6) is 5.75 Å². The van der Waals surface area contributed by atoms with Crippen molar-refractivity contribution in [1.82, 2.24) is 15.5 Å². The fraction of sp³-hybridized carbons (Fsp3) is 0.524. The molecule has 2 amide bonds. The molecule has 2 aromatic rings. The number of aromatic nitrogens is 2. The molecule has 29 heavy (non-hydrogen) atoms. The minimum absolute atomic E-state index is 0.0384. The average Bonchev–Trinajstić information content (AvgIpc) is 3.17. The molecule has 1 aromatic heterocycles. The van der Waals surface area contributed by atoms with E-state index in [4.69, 9.17) is 4.74 Å². The molecule has 2 rings (SSSR count). The van der Waals surface area contributed by atoms with Gasteiger partial charge < -0.3 is 10.1 Å². The molecule has 1 atom stereocenters. The Morgan fingerprint density at radius 2 is 1.83 bits per heavy atom. The third kappa shape index (κ3) is 7.12. The van der Waals surface area contributed by atoms with Crippen LogP contribution in [0.3, 0.4) is 0 Å². The lowest BCUT2D eigenvalue weighted by Gasteiger charge is -2.21. The van der Waals surface area contributed by atoms with Crippen molar-refractivity contribution < 1.29 is 14.3 Å². The standard InChI is InChI=1S/C21H30N4O3S/c1-5-6-7-8-9-17(26)22-18(14(2)3)19(27)23-21-25-24-20(29-21)15-10-12-16(28-4)13-11-15/h10-14,18H,5-9H2,1-4H3,(H,22,26)(H,23,25,27). The lowest BCUT2D eigenvalue weighted by atomic mass is 10.0. The number of hydrogen-bond donors (Lipinski definition) is 2. The minimum Gasteiger partial charge on any atom is -0.497 e. The van der Waals surface area contributed by atoms with Gasteiger partial charge >= 0.3 is 0 Å². The molecular formula is C21H30N4O3S. The van der Waals surface area contributed by atoms with Crippen LogP contribution in [0.25, 0.3) is 10.6 Å².